The highest BCUT2D eigenvalue weighted by atomic mass is 19.1. The second-order valence-electron chi connectivity index (χ2n) is 5.08. The number of rotatable bonds is 6. The lowest BCUT2D eigenvalue weighted by atomic mass is 10.0. The molecule has 1 atom stereocenters. The van der Waals surface area contributed by atoms with Crippen LogP contribution in [0.2, 0.25) is 0 Å². The lowest BCUT2D eigenvalue weighted by Crippen LogP contribution is -2.19. The molecule has 0 aliphatic carbocycles. The van der Waals surface area contributed by atoms with Crippen molar-refractivity contribution in [3.05, 3.63) is 59.4 Å². The van der Waals surface area contributed by atoms with E-state index in [4.69, 9.17) is 4.74 Å². The van der Waals surface area contributed by atoms with Gasteiger partial charge in [0.05, 0.1) is 0 Å². The number of halogens is 1. The van der Waals surface area contributed by atoms with Crippen LogP contribution in [-0.4, -0.2) is 6.54 Å². The van der Waals surface area contributed by atoms with Crippen molar-refractivity contribution in [1.82, 2.24) is 5.32 Å². The summed E-state index contributed by atoms with van der Waals surface area (Å²) in [5.41, 5.74) is 1.80. The molecular weight excluding hydrogens is 265 g/mol. The average Bonchev–Trinajstić information content (AvgIpc) is 2.50. The maximum atomic E-state index is 13.9. The highest BCUT2D eigenvalue weighted by Gasteiger charge is 2.09. The Bertz CT molecular complexity index is 580. The molecule has 3 heteroatoms. The molecule has 0 radical (unpaired) electrons. The van der Waals surface area contributed by atoms with Crippen LogP contribution < -0.4 is 10.1 Å². The molecular formula is C18H22FNO. The topological polar surface area (TPSA) is 21.3 Å². The average molecular weight is 287 g/mol. The molecule has 0 amide bonds. The number of hydrogen-bond acceptors (Lipinski definition) is 2. The first-order valence-electron chi connectivity index (χ1n) is 7.42. The van der Waals surface area contributed by atoms with Crippen molar-refractivity contribution < 1.29 is 9.13 Å². The first kappa shape index (κ1) is 15.5. The predicted molar refractivity (Wildman–Crippen MR) is 84.4 cm³/mol. The lowest BCUT2D eigenvalue weighted by molar-refractivity contribution is 0.439. The van der Waals surface area contributed by atoms with Crippen molar-refractivity contribution in [2.24, 2.45) is 0 Å². The van der Waals surface area contributed by atoms with Crippen molar-refractivity contribution in [1.29, 1.82) is 0 Å². The van der Waals surface area contributed by atoms with E-state index in [0.29, 0.717) is 17.4 Å². The summed E-state index contributed by atoms with van der Waals surface area (Å²) in [4.78, 5) is 0. The molecule has 0 bridgehead atoms. The molecule has 0 heterocycles. The molecule has 0 spiro atoms. The molecule has 2 aromatic rings. The van der Waals surface area contributed by atoms with Crippen molar-refractivity contribution >= 4 is 0 Å². The number of aryl methyl sites for hydroxylation is 1. The summed E-state index contributed by atoms with van der Waals surface area (Å²) >= 11 is 0. The van der Waals surface area contributed by atoms with Gasteiger partial charge in [-0.25, -0.2) is 4.39 Å². The quantitative estimate of drug-likeness (QED) is 0.808. The van der Waals surface area contributed by atoms with Gasteiger partial charge in [0.15, 0.2) is 11.6 Å². The van der Waals surface area contributed by atoms with Crippen LogP contribution in [0.4, 0.5) is 4.39 Å². The zero-order chi connectivity index (χ0) is 15.2. The first-order valence-corrected chi connectivity index (χ1v) is 7.42. The number of hydrogen-bond donors (Lipinski definition) is 1. The number of benzene rings is 2. The molecule has 21 heavy (non-hydrogen) atoms. The fourth-order valence-electron chi connectivity index (χ4n) is 2.34. The van der Waals surface area contributed by atoms with Crippen molar-refractivity contribution in [3.63, 3.8) is 0 Å². The highest BCUT2D eigenvalue weighted by Crippen LogP contribution is 2.27. The maximum absolute atomic E-state index is 13.9. The molecule has 112 valence electrons. The molecule has 2 rings (SSSR count). The smallest absolute Gasteiger partial charge is 0.168 e. The zero-order valence-electron chi connectivity index (χ0n) is 12.8. The van der Waals surface area contributed by atoms with Gasteiger partial charge in [0.2, 0.25) is 0 Å². The van der Waals surface area contributed by atoms with Gasteiger partial charge in [-0.1, -0.05) is 38.1 Å². The summed E-state index contributed by atoms with van der Waals surface area (Å²) in [5.74, 6) is 0.608. The van der Waals surface area contributed by atoms with Gasteiger partial charge in [0.25, 0.3) is 0 Å². The Hall–Kier alpha value is -1.87. The standard InChI is InChI=1S/C18H22FNO/c1-4-16(20-5-2)14-9-11-15(12-10-14)21-17-8-6-7-13(3)18(17)19/h6-12,16,20H,4-5H2,1-3H3. The van der Waals surface area contributed by atoms with Gasteiger partial charge in [-0.15, -0.1) is 0 Å². The van der Waals surface area contributed by atoms with Gasteiger partial charge in [-0.2, -0.15) is 0 Å². The van der Waals surface area contributed by atoms with Gasteiger partial charge in [-0.3, -0.25) is 0 Å². The monoisotopic (exact) mass is 287 g/mol. The summed E-state index contributed by atoms with van der Waals surface area (Å²) in [5, 5.41) is 3.43. The Kier molecular flexibility index (Phi) is 5.34. The molecule has 1 unspecified atom stereocenters. The minimum Gasteiger partial charge on any atom is -0.454 e. The van der Waals surface area contributed by atoms with Crippen LogP contribution in [0.15, 0.2) is 42.5 Å². The van der Waals surface area contributed by atoms with Crippen LogP contribution in [0.25, 0.3) is 0 Å². The van der Waals surface area contributed by atoms with E-state index < -0.39 is 0 Å². The van der Waals surface area contributed by atoms with Crippen LogP contribution in [0, 0.1) is 12.7 Å². The van der Waals surface area contributed by atoms with E-state index >= 15 is 0 Å². The molecule has 0 saturated heterocycles. The number of ether oxygens (including phenoxy) is 1. The third-order valence-electron chi connectivity index (χ3n) is 3.53. The summed E-state index contributed by atoms with van der Waals surface area (Å²) in [6.07, 6.45) is 1.03. The van der Waals surface area contributed by atoms with Crippen LogP contribution in [-0.2, 0) is 0 Å². The Morgan fingerprint density at radius 1 is 1.10 bits per heavy atom. The minimum atomic E-state index is -0.305. The van der Waals surface area contributed by atoms with E-state index in [1.807, 2.05) is 24.3 Å². The fourth-order valence-corrected chi connectivity index (χ4v) is 2.34. The second-order valence-corrected chi connectivity index (χ2v) is 5.08. The zero-order valence-corrected chi connectivity index (χ0v) is 12.8. The SMILES string of the molecule is CCNC(CC)c1ccc(Oc2cccc(C)c2F)cc1. The van der Waals surface area contributed by atoms with E-state index in [1.165, 1.54) is 5.56 Å². The Labute approximate surface area is 126 Å². The Balaban J connectivity index is 2.14. The van der Waals surface area contributed by atoms with E-state index in [1.54, 1.807) is 25.1 Å². The molecule has 2 aromatic carbocycles. The fraction of sp³-hybridized carbons (Fsp3) is 0.333. The van der Waals surface area contributed by atoms with Crippen LogP contribution in [0.5, 0.6) is 11.5 Å². The third kappa shape index (κ3) is 3.82. The molecule has 2 nitrogen and oxygen atoms in total. The van der Waals surface area contributed by atoms with E-state index in [-0.39, 0.29) is 11.6 Å². The van der Waals surface area contributed by atoms with Gasteiger partial charge >= 0.3 is 0 Å². The van der Waals surface area contributed by atoms with E-state index in [0.717, 1.165) is 13.0 Å². The Morgan fingerprint density at radius 2 is 1.81 bits per heavy atom. The lowest BCUT2D eigenvalue weighted by Gasteiger charge is -2.16. The van der Waals surface area contributed by atoms with Gasteiger partial charge in [0, 0.05) is 6.04 Å². The molecule has 0 saturated carbocycles. The molecule has 0 aliphatic heterocycles. The maximum Gasteiger partial charge on any atom is 0.168 e. The van der Waals surface area contributed by atoms with Crippen molar-refractivity contribution in [2.45, 2.75) is 33.2 Å². The van der Waals surface area contributed by atoms with Crippen LogP contribution in [0.1, 0.15) is 37.4 Å². The van der Waals surface area contributed by atoms with Crippen molar-refractivity contribution in [2.75, 3.05) is 6.54 Å². The highest BCUT2D eigenvalue weighted by molar-refractivity contribution is 5.36. The van der Waals surface area contributed by atoms with Crippen molar-refractivity contribution in [3.8, 4) is 11.5 Å². The molecule has 0 aliphatic rings. The largest absolute Gasteiger partial charge is 0.454 e. The summed E-state index contributed by atoms with van der Waals surface area (Å²) in [6, 6.07) is 13.3. The molecule has 0 fully saturated rings. The summed E-state index contributed by atoms with van der Waals surface area (Å²) in [7, 11) is 0. The predicted octanol–water partition coefficient (Wildman–Crippen LogP) is 4.99. The first-order chi connectivity index (χ1) is 10.2. The van der Waals surface area contributed by atoms with E-state index in [2.05, 4.69) is 19.2 Å². The van der Waals surface area contributed by atoms with E-state index in [9.17, 15) is 4.39 Å². The number of nitrogens with one attached hydrogen (secondary N) is 1. The summed E-state index contributed by atoms with van der Waals surface area (Å²) in [6.45, 7) is 6.92. The second kappa shape index (κ2) is 7.23. The van der Waals surface area contributed by atoms with Crippen LogP contribution >= 0.6 is 0 Å². The minimum absolute atomic E-state index is 0.265. The van der Waals surface area contributed by atoms with Gasteiger partial charge in [0.1, 0.15) is 5.75 Å². The third-order valence-corrected chi connectivity index (χ3v) is 3.53. The molecule has 0 aromatic heterocycles. The summed E-state index contributed by atoms with van der Waals surface area (Å²) < 4.78 is 19.5. The van der Waals surface area contributed by atoms with Gasteiger partial charge < -0.3 is 10.1 Å². The molecule has 1 N–H and O–H groups in total. The normalized spacial score (nSPS) is 12.2. The Morgan fingerprint density at radius 3 is 2.43 bits per heavy atom. The van der Waals surface area contributed by atoms with Crippen LogP contribution in [0.3, 0.4) is 0 Å². The van der Waals surface area contributed by atoms with Gasteiger partial charge in [-0.05, 0) is 49.2 Å².